The molecule has 0 saturated carbocycles. The van der Waals surface area contributed by atoms with Gasteiger partial charge in [0, 0.05) is 12.4 Å². The number of hydrogen-bond acceptors (Lipinski definition) is 3. The molecule has 1 heterocycles. The Morgan fingerprint density at radius 3 is 2.60 bits per heavy atom. The minimum absolute atomic E-state index is 0.208. The van der Waals surface area contributed by atoms with Crippen molar-refractivity contribution in [1.29, 1.82) is 0 Å². The first-order valence-electron chi connectivity index (χ1n) is 6.41. The van der Waals surface area contributed by atoms with Crippen LogP contribution >= 0.6 is 0 Å². The molecule has 5 heteroatoms. The number of nitrogens with zero attached hydrogens (tertiary/aromatic N) is 2. The first-order chi connectivity index (χ1) is 9.72. The highest BCUT2D eigenvalue weighted by Gasteiger charge is 2.18. The number of hydrogen-bond donors (Lipinski definition) is 1. The molecular weight excluding hydrogens is 256 g/mol. The number of para-hydroxylation sites is 1. The van der Waals surface area contributed by atoms with E-state index in [2.05, 4.69) is 5.10 Å². The van der Waals surface area contributed by atoms with Crippen LogP contribution in [0.3, 0.4) is 0 Å². The van der Waals surface area contributed by atoms with Gasteiger partial charge in [-0.05, 0) is 24.6 Å². The molecule has 0 aliphatic carbocycles. The lowest BCUT2D eigenvalue weighted by Gasteiger charge is -2.13. The third kappa shape index (κ3) is 3.26. The number of benzene rings is 1. The molecule has 1 aromatic heterocycles. The molecule has 1 N–H and O–H groups in total. The van der Waals surface area contributed by atoms with E-state index in [9.17, 15) is 9.90 Å². The Morgan fingerprint density at radius 2 is 2.05 bits per heavy atom. The van der Waals surface area contributed by atoms with Gasteiger partial charge in [0.1, 0.15) is 5.75 Å². The summed E-state index contributed by atoms with van der Waals surface area (Å²) in [5.74, 6) is -0.184. The van der Waals surface area contributed by atoms with Crippen LogP contribution in [0.15, 0.2) is 54.4 Å². The molecule has 2 aromatic rings. The first-order valence-corrected chi connectivity index (χ1v) is 6.41. The molecule has 0 aliphatic heterocycles. The number of carbonyl (C=O) groups is 1. The van der Waals surface area contributed by atoms with Crippen LogP contribution in [-0.2, 0) is 4.79 Å². The zero-order valence-electron chi connectivity index (χ0n) is 11.2. The molecule has 0 aliphatic rings. The van der Waals surface area contributed by atoms with Gasteiger partial charge in [0.2, 0.25) is 5.88 Å². The molecule has 104 valence electrons. The zero-order chi connectivity index (χ0) is 14.4. The summed E-state index contributed by atoms with van der Waals surface area (Å²) in [6.07, 6.45) is 4.37. The van der Waals surface area contributed by atoms with Crippen LogP contribution in [0.1, 0.15) is 19.8 Å². The number of carboxylic acids is 1. The smallest absolute Gasteiger partial charge is 0.337 e. The lowest BCUT2D eigenvalue weighted by Crippen LogP contribution is -2.14. The second kappa shape index (κ2) is 6.56. The van der Waals surface area contributed by atoms with Crippen LogP contribution in [0, 0.1) is 0 Å². The SMILES string of the molecule is CCCC(C(=O)O)=C(Oc1ccccc1)n1cccn1. The summed E-state index contributed by atoms with van der Waals surface area (Å²) in [5, 5.41) is 13.4. The topological polar surface area (TPSA) is 64.3 Å². The number of aromatic nitrogens is 2. The second-order valence-corrected chi connectivity index (χ2v) is 4.20. The van der Waals surface area contributed by atoms with E-state index in [4.69, 9.17) is 4.74 Å². The van der Waals surface area contributed by atoms with Crippen molar-refractivity contribution in [2.75, 3.05) is 0 Å². The van der Waals surface area contributed by atoms with Crippen molar-refractivity contribution >= 4 is 11.9 Å². The lowest BCUT2D eigenvalue weighted by molar-refractivity contribution is -0.132. The van der Waals surface area contributed by atoms with Gasteiger partial charge in [-0.3, -0.25) is 0 Å². The number of rotatable bonds is 6. The van der Waals surface area contributed by atoms with Crippen LogP contribution in [-0.4, -0.2) is 20.9 Å². The molecule has 2 rings (SSSR count). The van der Waals surface area contributed by atoms with Crippen molar-refractivity contribution in [1.82, 2.24) is 9.78 Å². The summed E-state index contributed by atoms with van der Waals surface area (Å²) in [6, 6.07) is 10.8. The second-order valence-electron chi connectivity index (χ2n) is 4.20. The number of ether oxygens (including phenoxy) is 1. The molecule has 0 spiro atoms. The Labute approximate surface area is 117 Å². The van der Waals surface area contributed by atoms with Crippen LogP contribution in [0.25, 0.3) is 5.88 Å². The summed E-state index contributed by atoms with van der Waals surface area (Å²) >= 11 is 0. The van der Waals surface area contributed by atoms with Gasteiger partial charge < -0.3 is 9.84 Å². The molecular formula is C15H16N2O3. The summed E-state index contributed by atoms with van der Waals surface area (Å²) in [4.78, 5) is 11.4. The predicted octanol–water partition coefficient (Wildman–Crippen LogP) is 3.02. The third-order valence-electron chi connectivity index (χ3n) is 2.69. The van der Waals surface area contributed by atoms with Crippen molar-refractivity contribution < 1.29 is 14.6 Å². The maximum absolute atomic E-state index is 11.4. The third-order valence-corrected chi connectivity index (χ3v) is 2.69. The van der Waals surface area contributed by atoms with E-state index < -0.39 is 5.97 Å². The van der Waals surface area contributed by atoms with Crippen LogP contribution in [0.4, 0.5) is 0 Å². The molecule has 0 unspecified atom stereocenters. The number of aliphatic carboxylic acids is 1. The maximum atomic E-state index is 11.4. The van der Waals surface area contributed by atoms with E-state index in [0.717, 1.165) is 0 Å². The largest absolute Gasteiger partial charge is 0.478 e. The van der Waals surface area contributed by atoms with Crippen molar-refractivity contribution in [3.63, 3.8) is 0 Å². The minimum atomic E-state index is -0.992. The molecule has 1 aromatic carbocycles. The number of carboxylic acid groups (broad SMARTS) is 1. The standard InChI is InChI=1S/C15H16N2O3/c1-2-7-13(15(18)19)14(17-11-6-10-16-17)20-12-8-4-3-5-9-12/h3-6,8-11H,2,7H2,1H3,(H,18,19). The quantitative estimate of drug-likeness (QED) is 0.648. The highest BCUT2D eigenvalue weighted by Crippen LogP contribution is 2.21. The minimum Gasteiger partial charge on any atom is -0.478 e. The predicted molar refractivity (Wildman–Crippen MR) is 75.1 cm³/mol. The normalized spacial score (nSPS) is 11.8. The Kier molecular flexibility index (Phi) is 4.55. The monoisotopic (exact) mass is 272 g/mol. The molecule has 0 fully saturated rings. The van der Waals surface area contributed by atoms with Gasteiger partial charge >= 0.3 is 5.97 Å². The highest BCUT2D eigenvalue weighted by atomic mass is 16.5. The summed E-state index contributed by atoms with van der Waals surface area (Å²) < 4.78 is 7.17. The molecule has 0 atom stereocenters. The average Bonchev–Trinajstić information content (AvgIpc) is 2.97. The molecule has 20 heavy (non-hydrogen) atoms. The van der Waals surface area contributed by atoms with Crippen molar-refractivity contribution in [3.8, 4) is 5.75 Å². The fourth-order valence-electron chi connectivity index (χ4n) is 1.79. The Balaban J connectivity index is 2.44. The van der Waals surface area contributed by atoms with Crippen molar-refractivity contribution in [2.24, 2.45) is 0 Å². The van der Waals surface area contributed by atoms with E-state index >= 15 is 0 Å². The van der Waals surface area contributed by atoms with Crippen LogP contribution in [0.5, 0.6) is 5.75 Å². The lowest BCUT2D eigenvalue weighted by atomic mass is 10.1. The average molecular weight is 272 g/mol. The Hall–Kier alpha value is -2.56. The molecule has 0 amide bonds. The van der Waals surface area contributed by atoms with Gasteiger partial charge in [-0.25, -0.2) is 9.48 Å². The van der Waals surface area contributed by atoms with E-state index in [0.29, 0.717) is 18.6 Å². The first kappa shape index (κ1) is 13.9. The van der Waals surface area contributed by atoms with E-state index in [1.807, 2.05) is 25.1 Å². The van der Waals surface area contributed by atoms with Gasteiger partial charge in [-0.2, -0.15) is 5.10 Å². The van der Waals surface area contributed by atoms with Gasteiger partial charge in [-0.15, -0.1) is 0 Å². The Morgan fingerprint density at radius 1 is 1.30 bits per heavy atom. The molecule has 0 radical (unpaired) electrons. The summed E-state index contributed by atoms with van der Waals surface area (Å²) in [6.45, 7) is 1.92. The zero-order valence-corrected chi connectivity index (χ0v) is 11.2. The van der Waals surface area contributed by atoms with Gasteiger partial charge in [0.15, 0.2) is 0 Å². The molecule has 0 saturated heterocycles. The van der Waals surface area contributed by atoms with Crippen molar-refractivity contribution in [3.05, 3.63) is 54.4 Å². The Bertz CT molecular complexity index is 589. The highest BCUT2D eigenvalue weighted by molar-refractivity contribution is 5.92. The summed E-state index contributed by atoms with van der Waals surface area (Å²) in [7, 11) is 0. The maximum Gasteiger partial charge on any atom is 0.337 e. The van der Waals surface area contributed by atoms with Crippen molar-refractivity contribution in [2.45, 2.75) is 19.8 Å². The van der Waals surface area contributed by atoms with E-state index in [1.54, 1.807) is 30.6 Å². The van der Waals surface area contributed by atoms with Gasteiger partial charge in [0.05, 0.1) is 5.57 Å². The summed E-state index contributed by atoms with van der Waals surface area (Å²) in [5.41, 5.74) is 0.208. The van der Waals surface area contributed by atoms with Crippen LogP contribution in [0.2, 0.25) is 0 Å². The molecule has 5 nitrogen and oxygen atoms in total. The van der Waals surface area contributed by atoms with E-state index in [1.165, 1.54) is 4.68 Å². The van der Waals surface area contributed by atoms with Gasteiger partial charge in [0.25, 0.3) is 0 Å². The molecule has 0 bridgehead atoms. The fourth-order valence-corrected chi connectivity index (χ4v) is 1.79. The fraction of sp³-hybridized carbons (Fsp3) is 0.200. The van der Waals surface area contributed by atoms with Crippen LogP contribution < -0.4 is 4.74 Å². The van der Waals surface area contributed by atoms with Gasteiger partial charge in [-0.1, -0.05) is 31.5 Å². The van der Waals surface area contributed by atoms with E-state index in [-0.39, 0.29) is 11.5 Å².